The van der Waals surface area contributed by atoms with Gasteiger partial charge in [0.15, 0.2) is 0 Å². The lowest BCUT2D eigenvalue weighted by atomic mass is 10.2. The van der Waals surface area contributed by atoms with Crippen molar-refractivity contribution in [3.63, 3.8) is 0 Å². The maximum Gasteiger partial charge on any atom is 0.273 e. The molecule has 2 heterocycles. The van der Waals surface area contributed by atoms with E-state index >= 15 is 0 Å². The Bertz CT molecular complexity index is 703. The first-order chi connectivity index (χ1) is 12.2. The third kappa shape index (κ3) is 5.01. The Hall–Kier alpha value is -1.47. The fourth-order valence-corrected chi connectivity index (χ4v) is 3.90. The minimum Gasteiger partial charge on any atom is -0.336 e. The summed E-state index contributed by atoms with van der Waals surface area (Å²) < 4.78 is 0. The van der Waals surface area contributed by atoms with Crippen molar-refractivity contribution in [2.45, 2.75) is 19.4 Å². The fourth-order valence-electron chi connectivity index (χ4n) is 2.99. The van der Waals surface area contributed by atoms with Gasteiger partial charge in [0.05, 0.1) is 5.01 Å². The molecule has 3 rings (SSSR count). The summed E-state index contributed by atoms with van der Waals surface area (Å²) in [7, 11) is 0. The van der Waals surface area contributed by atoms with E-state index in [1.165, 1.54) is 16.9 Å². The van der Waals surface area contributed by atoms with E-state index in [9.17, 15) is 4.79 Å². The van der Waals surface area contributed by atoms with Crippen molar-refractivity contribution in [2.75, 3.05) is 32.7 Å². The standard InChI is InChI=1S/C18H23ClN4OS/c19-15-4-2-14(3-5-15)12-22-8-1-9-23(11-10-22)18(24)16-13-25-17(21-16)6-7-20/h2-5,13H,1,6-12,20H2. The van der Waals surface area contributed by atoms with Gasteiger partial charge in [-0.3, -0.25) is 9.69 Å². The smallest absolute Gasteiger partial charge is 0.273 e. The van der Waals surface area contributed by atoms with Crippen molar-refractivity contribution in [1.82, 2.24) is 14.8 Å². The van der Waals surface area contributed by atoms with Gasteiger partial charge in [0.1, 0.15) is 5.69 Å². The molecule has 1 aromatic carbocycles. The quantitative estimate of drug-likeness (QED) is 0.868. The molecule has 0 aliphatic carbocycles. The Morgan fingerprint density at radius 1 is 1.20 bits per heavy atom. The highest BCUT2D eigenvalue weighted by Gasteiger charge is 2.22. The van der Waals surface area contributed by atoms with Crippen LogP contribution < -0.4 is 5.73 Å². The van der Waals surface area contributed by atoms with Crippen molar-refractivity contribution in [3.8, 4) is 0 Å². The van der Waals surface area contributed by atoms with E-state index < -0.39 is 0 Å². The third-order valence-electron chi connectivity index (χ3n) is 4.32. The second-order valence-corrected chi connectivity index (χ2v) is 7.59. The van der Waals surface area contributed by atoms with E-state index in [-0.39, 0.29) is 5.91 Å². The molecule has 5 nitrogen and oxygen atoms in total. The summed E-state index contributed by atoms with van der Waals surface area (Å²) in [5, 5.41) is 3.54. The minimum absolute atomic E-state index is 0.0351. The van der Waals surface area contributed by atoms with Gasteiger partial charge in [0.25, 0.3) is 5.91 Å². The highest BCUT2D eigenvalue weighted by atomic mass is 35.5. The zero-order valence-electron chi connectivity index (χ0n) is 14.2. The molecular weight excluding hydrogens is 356 g/mol. The van der Waals surface area contributed by atoms with Crippen LogP contribution in [0.5, 0.6) is 0 Å². The Labute approximate surface area is 157 Å². The lowest BCUT2D eigenvalue weighted by Gasteiger charge is -2.21. The van der Waals surface area contributed by atoms with Gasteiger partial charge < -0.3 is 10.6 Å². The number of hydrogen-bond donors (Lipinski definition) is 1. The lowest BCUT2D eigenvalue weighted by Crippen LogP contribution is -2.35. The van der Waals surface area contributed by atoms with E-state index in [1.807, 2.05) is 22.4 Å². The predicted molar refractivity (Wildman–Crippen MR) is 102 cm³/mol. The van der Waals surface area contributed by atoms with Crippen LogP contribution in [0.25, 0.3) is 0 Å². The molecule has 2 N–H and O–H groups in total. The summed E-state index contributed by atoms with van der Waals surface area (Å²) in [5.74, 6) is 0.0351. The maximum atomic E-state index is 12.7. The van der Waals surface area contributed by atoms with Crippen LogP contribution in [0.4, 0.5) is 0 Å². The number of hydrogen-bond acceptors (Lipinski definition) is 5. The Morgan fingerprint density at radius 2 is 2.00 bits per heavy atom. The largest absolute Gasteiger partial charge is 0.336 e. The van der Waals surface area contributed by atoms with Gasteiger partial charge in [0, 0.05) is 49.5 Å². The number of carbonyl (C=O) groups is 1. The summed E-state index contributed by atoms with van der Waals surface area (Å²) in [6.07, 6.45) is 1.70. The first-order valence-corrected chi connectivity index (χ1v) is 9.82. The molecular formula is C18H23ClN4OS. The third-order valence-corrected chi connectivity index (χ3v) is 5.48. The monoisotopic (exact) mass is 378 g/mol. The van der Waals surface area contributed by atoms with Crippen LogP contribution in [0.1, 0.15) is 27.5 Å². The van der Waals surface area contributed by atoms with Gasteiger partial charge >= 0.3 is 0 Å². The number of halogens is 1. The van der Waals surface area contributed by atoms with E-state index in [1.54, 1.807) is 0 Å². The number of nitrogens with zero attached hydrogens (tertiary/aromatic N) is 3. The molecule has 0 radical (unpaired) electrons. The van der Waals surface area contributed by atoms with Crippen LogP contribution >= 0.6 is 22.9 Å². The Balaban J connectivity index is 1.56. The summed E-state index contributed by atoms with van der Waals surface area (Å²) in [6.45, 7) is 4.81. The molecule has 0 bridgehead atoms. The first kappa shape index (κ1) is 18.3. The second kappa shape index (κ2) is 8.76. The van der Waals surface area contributed by atoms with Gasteiger partial charge in [-0.1, -0.05) is 23.7 Å². The Kier molecular flexibility index (Phi) is 6.42. The summed E-state index contributed by atoms with van der Waals surface area (Å²) in [6, 6.07) is 7.96. The molecule has 1 aromatic heterocycles. The number of rotatable bonds is 5. The fraction of sp³-hybridized carbons (Fsp3) is 0.444. The minimum atomic E-state index is 0.0351. The molecule has 25 heavy (non-hydrogen) atoms. The van der Waals surface area contributed by atoms with E-state index in [0.717, 1.165) is 55.6 Å². The number of benzene rings is 1. The average Bonchev–Trinajstić information content (AvgIpc) is 2.95. The molecule has 0 atom stereocenters. The van der Waals surface area contributed by atoms with Crippen molar-refractivity contribution < 1.29 is 4.79 Å². The van der Waals surface area contributed by atoms with Crippen molar-refractivity contribution in [3.05, 3.63) is 50.9 Å². The van der Waals surface area contributed by atoms with E-state index in [4.69, 9.17) is 17.3 Å². The number of amides is 1. The summed E-state index contributed by atoms with van der Waals surface area (Å²) in [4.78, 5) is 21.4. The van der Waals surface area contributed by atoms with Gasteiger partial charge in [-0.25, -0.2) is 4.98 Å². The van der Waals surface area contributed by atoms with Crippen LogP contribution in [0.2, 0.25) is 5.02 Å². The topological polar surface area (TPSA) is 62.5 Å². The number of thiazole rings is 1. The highest BCUT2D eigenvalue weighted by molar-refractivity contribution is 7.09. The zero-order valence-corrected chi connectivity index (χ0v) is 15.7. The van der Waals surface area contributed by atoms with Crippen molar-refractivity contribution >= 4 is 28.8 Å². The molecule has 0 spiro atoms. The van der Waals surface area contributed by atoms with Crippen LogP contribution in [0.15, 0.2) is 29.6 Å². The maximum absolute atomic E-state index is 12.7. The average molecular weight is 379 g/mol. The SMILES string of the molecule is NCCc1nc(C(=O)N2CCCN(Cc3ccc(Cl)cc3)CC2)cs1. The number of carbonyl (C=O) groups excluding carboxylic acids is 1. The van der Waals surface area contributed by atoms with Gasteiger partial charge in [-0.05, 0) is 30.7 Å². The van der Waals surface area contributed by atoms with Gasteiger partial charge in [-0.2, -0.15) is 0 Å². The molecule has 0 saturated carbocycles. The number of nitrogens with two attached hydrogens (primary N) is 1. The molecule has 134 valence electrons. The summed E-state index contributed by atoms with van der Waals surface area (Å²) >= 11 is 7.46. The van der Waals surface area contributed by atoms with Gasteiger partial charge in [0.2, 0.25) is 0 Å². The van der Waals surface area contributed by atoms with E-state index in [0.29, 0.717) is 12.2 Å². The predicted octanol–water partition coefficient (Wildman–Crippen LogP) is 2.65. The van der Waals surface area contributed by atoms with Crippen LogP contribution in [0, 0.1) is 0 Å². The molecule has 2 aromatic rings. The van der Waals surface area contributed by atoms with Crippen LogP contribution in [-0.4, -0.2) is 53.4 Å². The Morgan fingerprint density at radius 3 is 2.76 bits per heavy atom. The van der Waals surface area contributed by atoms with E-state index in [2.05, 4.69) is 22.0 Å². The van der Waals surface area contributed by atoms with Crippen molar-refractivity contribution in [1.29, 1.82) is 0 Å². The molecule has 1 aliphatic rings. The van der Waals surface area contributed by atoms with Crippen LogP contribution in [0.3, 0.4) is 0 Å². The van der Waals surface area contributed by atoms with Crippen LogP contribution in [-0.2, 0) is 13.0 Å². The normalized spacial score (nSPS) is 16.0. The molecule has 7 heteroatoms. The molecule has 0 unspecified atom stereocenters. The van der Waals surface area contributed by atoms with Gasteiger partial charge in [-0.15, -0.1) is 11.3 Å². The molecule has 1 amide bonds. The molecule has 1 saturated heterocycles. The van der Waals surface area contributed by atoms with Crippen molar-refractivity contribution in [2.24, 2.45) is 5.73 Å². The first-order valence-electron chi connectivity index (χ1n) is 8.56. The number of aromatic nitrogens is 1. The highest BCUT2D eigenvalue weighted by Crippen LogP contribution is 2.16. The second-order valence-electron chi connectivity index (χ2n) is 6.21. The zero-order chi connectivity index (χ0) is 17.6. The molecule has 1 aliphatic heterocycles. The molecule has 1 fully saturated rings. The lowest BCUT2D eigenvalue weighted by molar-refractivity contribution is 0.0756. The summed E-state index contributed by atoms with van der Waals surface area (Å²) in [5.41, 5.74) is 7.36.